The predicted octanol–water partition coefficient (Wildman–Crippen LogP) is 2.85. The number of anilines is 2. The van der Waals surface area contributed by atoms with Crippen molar-refractivity contribution in [2.75, 3.05) is 17.6 Å². The minimum atomic E-state index is -4.20. The third-order valence-electron chi connectivity index (χ3n) is 1.47. The van der Waals surface area contributed by atoms with E-state index in [4.69, 9.17) is 5.73 Å². The highest BCUT2D eigenvalue weighted by atomic mass is 127. The van der Waals surface area contributed by atoms with E-state index < -0.39 is 12.7 Å². The molecule has 0 saturated carbocycles. The van der Waals surface area contributed by atoms with Gasteiger partial charge in [-0.15, -0.1) is 0 Å². The first-order valence-corrected chi connectivity index (χ1v) is 4.82. The van der Waals surface area contributed by atoms with Crippen LogP contribution in [0.5, 0.6) is 0 Å². The molecule has 2 nitrogen and oxygen atoms in total. The summed E-state index contributed by atoms with van der Waals surface area (Å²) < 4.78 is 36.3. The lowest BCUT2D eigenvalue weighted by Crippen LogP contribution is -2.21. The molecule has 0 amide bonds. The van der Waals surface area contributed by atoms with E-state index in [2.05, 4.69) is 5.32 Å². The van der Waals surface area contributed by atoms with Crippen molar-refractivity contribution in [2.24, 2.45) is 0 Å². The van der Waals surface area contributed by atoms with E-state index in [9.17, 15) is 13.2 Å². The largest absolute Gasteiger partial charge is 0.405 e. The van der Waals surface area contributed by atoms with Crippen molar-refractivity contribution in [2.45, 2.75) is 6.18 Å². The van der Waals surface area contributed by atoms with Gasteiger partial charge in [0.1, 0.15) is 6.54 Å². The van der Waals surface area contributed by atoms with Gasteiger partial charge in [0.05, 0.1) is 0 Å². The van der Waals surface area contributed by atoms with Crippen molar-refractivity contribution in [3.63, 3.8) is 0 Å². The molecular formula is C8H8F3IN2. The van der Waals surface area contributed by atoms with Crippen LogP contribution in [0.25, 0.3) is 0 Å². The number of nitrogens with two attached hydrogens (primary N) is 1. The van der Waals surface area contributed by atoms with E-state index in [-0.39, 0.29) is 0 Å². The second-order valence-corrected chi connectivity index (χ2v) is 3.87. The first-order chi connectivity index (χ1) is 6.38. The molecule has 3 N–H and O–H groups in total. The van der Waals surface area contributed by atoms with Crippen molar-refractivity contribution in [3.05, 3.63) is 21.8 Å². The third kappa shape index (κ3) is 3.60. The average molecular weight is 316 g/mol. The van der Waals surface area contributed by atoms with Crippen LogP contribution in [0.3, 0.4) is 0 Å². The van der Waals surface area contributed by atoms with E-state index >= 15 is 0 Å². The Balaban J connectivity index is 2.68. The third-order valence-corrected chi connectivity index (χ3v) is 2.36. The Morgan fingerprint density at radius 1 is 1.36 bits per heavy atom. The molecule has 1 rings (SSSR count). The molecule has 0 saturated heterocycles. The standard InChI is InChI=1S/C8H8F3IN2/c9-8(10,11)4-14-7-2-1-5(13)3-6(7)12/h1-3,14H,4,13H2. The van der Waals surface area contributed by atoms with Crippen LogP contribution >= 0.6 is 22.6 Å². The van der Waals surface area contributed by atoms with Gasteiger partial charge in [-0.1, -0.05) is 0 Å². The fourth-order valence-corrected chi connectivity index (χ4v) is 1.60. The molecule has 0 fully saturated rings. The fourth-order valence-electron chi connectivity index (χ4n) is 0.870. The summed E-state index contributed by atoms with van der Waals surface area (Å²) in [5.41, 5.74) is 6.43. The first-order valence-electron chi connectivity index (χ1n) is 3.74. The van der Waals surface area contributed by atoms with Gasteiger partial charge in [-0.2, -0.15) is 13.2 Å². The molecule has 0 aromatic heterocycles. The first kappa shape index (κ1) is 11.4. The molecule has 0 aliphatic carbocycles. The van der Waals surface area contributed by atoms with Gasteiger partial charge >= 0.3 is 6.18 Å². The molecule has 0 aliphatic rings. The zero-order valence-electron chi connectivity index (χ0n) is 7.03. The summed E-state index contributed by atoms with van der Waals surface area (Å²) in [5, 5.41) is 2.29. The lowest BCUT2D eigenvalue weighted by molar-refractivity contribution is -0.115. The second kappa shape index (κ2) is 4.24. The number of nitrogen functional groups attached to an aromatic ring is 1. The molecule has 0 unspecified atom stereocenters. The van der Waals surface area contributed by atoms with E-state index in [1.165, 1.54) is 6.07 Å². The predicted molar refractivity (Wildman–Crippen MR) is 58.1 cm³/mol. The van der Waals surface area contributed by atoms with Gasteiger partial charge in [0.15, 0.2) is 0 Å². The Labute approximate surface area is 92.8 Å². The van der Waals surface area contributed by atoms with Crippen molar-refractivity contribution >= 4 is 34.0 Å². The maximum atomic E-state index is 11.9. The highest BCUT2D eigenvalue weighted by Crippen LogP contribution is 2.22. The summed E-state index contributed by atoms with van der Waals surface area (Å²) in [6.45, 7) is -1.03. The molecule has 0 bridgehead atoms. The van der Waals surface area contributed by atoms with Gasteiger partial charge in [0, 0.05) is 14.9 Å². The minimum absolute atomic E-state index is 0.442. The van der Waals surface area contributed by atoms with Crippen molar-refractivity contribution in [1.29, 1.82) is 0 Å². The Kier molecular flexibility index (Phi) is 3.46. The Morgan fingerprint density at radius 3 is 2.50 bits per heavy atom. The van der Waals surface area contributed by atoms with Crippen LogP contribution in [0.4, 0.5) is 24.5 Å². The summed E-state index contributed by atoms with van der Waals surface area (Å²) in [5.74, 6) is 0. The Morgan fingerprint density at radius 2 is 2.00 bits per heavy atom. The van der Waals surface area contributed by atoms with Gasteiger partial charge in [-0.05, 0) is 40.8 Å². The average Bonchev–Trinajstić information content (AvgIpc) is 2.00. The molecule has 0 radical (unpaired) electrons. The van der Waals surface area contributed by atoms with Crippen LogP contribution in [0.15, 0.2) is 18.2 Å². The molecule has 0 aliphatic heterocycles. The summed E-state index contributed by atoms with van der Waals surface area (Å²) in [6, 6.07) is 4.70. The van der Waals surface area contributed by atoms with Crippen molar-refractivity contribution in [1.82, 2.24) is 0 Å². The number of nitrogens with one attached hydrogen (secondary N) is 1. The number of rotatable bonds is 2. The number of alkyl halides is 3. The SMILES string of the molecule is Nc1ccc(NCC(F)(F)F)c(I)c1. The van der Waals surface area contributed by atoms with Crippen LogP contribution in [-0.2, 0) is 0 Å². The van der Waals surface area contributed by atoms with Crippen LogP contribution in [0, 0.1) is 3.57 Å². The molecule has 0 heterocycles. The molecular weight excluding hydrogens is 308 g/mol. The highest BCUT2D eigenvalue weighted by molar-refractivity contribution is 14.1. The summed E-state index contributed by atoms with van der Waals surface area (Å²) in [4.78, 5) is 0. The maximum absolute atomic E-state index is 11.9. The topological polar surface area (TPSA) is 38.0 Å². The molecule has 14 heavy (non-hydrogen) atoms. The van der Waals surface area contributed by atoms with E-state index in [1.54, 1.807) is 12.1 Å². The molecule has 6 heteroatoms. The van der Waals surface area contributed by atoms with Gasteiger partial charge in [-0.25, -0.2) is 0 Å². The van der Waals surface area contributed by atoms with Gasteiger partial charge in [0.2, 0.25) is 0 Å². The smallest absolute Gasteiger partial charge is 0.399 e. The number of hydrogen-bond acceptors (Lipinski definition) is 2. The second-order valence-electron chi connectivity index (χ2n) is 2.71. The van der Waals surface area contributed by atoms with E-state index in [1.807, 2.05) is 22.6 Å². The van der Waals surface area contributed by atoms with Crippen LogP contribution in [0.2, 0.25) is 0 Å². The quantitative estimate of drug-likeness (QED) is 0.650. The number of halogens is 4. The zero-order chi connectivity index (χ0) is 10.8. The van der Waals surface area contributed by atoms with Gasteiger partial charge < -0.3 is 11.1 Å². The lowest BCUT2D eigenvalue weighted by atomic mass is 10.3. The van der Waals surface area contributed by atoms with Gasteiger partial charge in [-0.3, -0.25) is 0 Å². The van der Waals surface area contributed by atoms with Crippen LogP contribution in [-0.4, -0.2) is 12.7 Å². The minimum Gasteiger partial charge on any atom is -0.399 e. The number of benzene rings is 1. The van der Waals surface area contributed by atoms with E-state index in [0.29, 0.717) is 14.9 Å². The molecule has 0 spiro atoms. The summed E-state index contributed by atoms with van der Waals surface area (Å²) in [7, 11) is 0. The van der Waals surface area contributed by atoms with E-state index in [0.717, 1.165) is 0 Å². The highest BCUT2D eigenvalue weighted by Gasteiger charge is 2.26. The lowest BCUT2D eigenvalue weighted by Gasteiger charge is -2.11. The molecule has 78 valence electrons. The molecule has 1 aromatic carbocycles. The van der Waals surface area contributed by atoms with Gasteiger partial charge in [0.25, 0.3) is 0 Å². The zero-order valence-corrected chi connectivity index (χ0v) is 9.19. The monoisotopic (exact) mass is 316 g/mol. The summed E-state index contributed by atoms with van der Waals surface area (Å²) >= 11 is 1.93. The normalized spacial score (nSPS) is 11.4. The Hall–Kier alpha value is -0.660. The fraction of sp³-hybridized carbons (Fsp3) is 0.250. The van der Waals surface area contributed by atoms with Crippen molar-refractivity contribution in [3.8, 4) is 0 Å². The van der Waals surface area contributed by atoms with Crippen LogP contribution in [0.1, 0.15) is 0 Å². The molecule has 0 atom stereocenters. The summed E-state index contributed by atoms with van der Waals surface area (Å²) in [6.07, 6.45) is -4.20. The Bertz CT molecular complexity index is 325. The van der Waals surface area contributed by atoms with Crippen LogP contribution < -0.4 is 11.1 Å². The number of hydrogen-bond donors (Lipinski definition) is 2. The molecule has 1 aromatic rings. The maximum Gasteiger partial charge on any atom is 0.405 e. The van der Waals surface area contributed by atoms with Crippen molar-refractivity contribution < 1.29 is 13.2 Å².